The smallest absolute Gasteiger partial charge is 0.232 e. The van der Waals surface area contributed by atoms with Crippen LogP contribution in [0, 0.1) is 0 Å². The molecule has 0 radical (unpaired) electrons. The van der Waals surface area contributed by atoms with E-state index < -0.39 is 6.10 Å². The summed E-state index contributed by atoms with van der Waals surface area (Å²) >= 11 is 0. The molecular weight excluding hydrogens is 316 g/mol. The number of nitrogens with two attached hydrogens (primary N) is 1. The normalized spacial score (nSPS) is 12.0. The van der Waals surface area contributed by atoms with Crippen molar-refractivity contribution in [2.75, 3.05) is 11.1 Å². The molecule has 0 fully saturated rings. The highest BCUT2D eigenvalue weighted by Gasteiger charge is 2.13. The first-order valence-electron chi connectivity index (χ1n) is 7.78. The van der Waals surface area contributed by atoms with Crippen LogP contribution < -0.4 is 11.1 Å². The van der Waals surface area contributed by atoms with Gasteiger partial charge in [0.2, 0.25) is 11.9 Å². The van der Waals surface area contributed by atoms with E-state index in [1.165, 1.54) is 0 Å². The van der Waals surface area contributed by atoms with Crippen molar-refractivity contribution in [3.05, 3.63) is 72.1 Å². The maximum absolute atomic E-state index is 5.77. The Morgan fingerprint density at radius 3 is 2.40 bits per heavy atom. The molecule has 0 bridgehead atoms. The van der Waals surface area contributed by atoms with Gasteiger partial charge in [0.1, 0.15) is 0 Å². The molecular formula is C18H18N6O. The van der Waals surface area contributed by atoms with Gasteiger partial charge in [-0.15, -0.1) is 0 Å². The van der Waals surface area contributed by atoms with E-state index in [0.717, 1.165) is 11.3 Å². The van der Waals surface area contributed by atoms with Crippen LogP contribution in [0.25, 0.3) is 0 Å². The minimum atomic E-state index is -0.471. The maximum Gasteiger partial charge on any atom is 0.232 e. The zero-order valence-corrected chi connectivity index (χ0v) is 13.7. The summed E-state index contributed by atoms with van der Waals surface area (Å²) in [5.41, 5.74) is 7.57. The predicted molar refractivity (Wildman–Crippen MR) is 97.5 cm³/mol. The van der Waals surface area contributed by atoms with E-state index in [-0.39, 0.29) is 5.95 Å². The number of nitrogen functional groups attached to an aromatic ring is 1. The molecule has 1 unspecified atom stereocenters. The van der Waals surface area contributed by atoms with Gasteiger partial charge in [-0.05, 0) is 24.6 Å². The van der Waals surface area contributed by atoms with E-state index in [9.17, 15) is 0 Å². The SMILES string of the molecule is CC(O/N=C/c1ccccc1)c1nc(N)nc(Nc2ccccc2)n1. The fourth-order valence-corrected chi connectivity index (χ4v) is 2.07. The van der Waals surface area contributed by atoms with Crippen LogP contribution in [0.1, 0.15) is 24.4 Å². The summed E-state index contributed by atoms with van der Waals surface area (Å²) in [5, 5.41) is 7.06. The summed E-state index contributed by atoms with van der Waals surface area (Å²) in [6, 6.07) is 19.2. The van der Waals surface area contributed by atoms with Crippen molar-refractivity contribution in [1.29, 1.82) is 0 Å². The summed E-state index contributed by atoms with van der Waals surface area (Å²) in [7, 11) is 0. The van der Waals surface area contributed by atoms with Crippen LogP contribution in [-0.2, 0) is 4.84 Å². The van der Waals surface area contributed by atoms with Gasteiger partial charge in [0.05, 0.1) is 6.21 Å². The number of rotatable bonds is 6. The summed E-state index contributed by atoms with van der Waals surface area (Å²) in [4.78, 5) is 18.0. The van der Waals surface area contributed by atoms with Crippen molar-refractivity contribution >= 4 is 23.8 Å². The lowest BCUT2D eigenvalue weighted by atomic mass is 10.2. The van der Waals surface area contributed by atoms with E-state index in [2.05, 4.69) is 25.4 Å². The van der Waals surface area contributed by atoms with E-state index in [4.69, 9.17) is 10.6 Å². The minimum Gasteiger partial charge on any atom is -0.385 e. The Morgan fingerprint density at radius 1 is 1.00 bits per heavy atom. The Balaban J connectivity index is 1.69. The molecule has 0 aliphatic heterocycles. The zero-order chi connectivity index (χ0) is 17.5. The second-order valence-corrected chi connectivity index (χ2v) is 5.26. The van der Waals surface area contributed by atoms with Crippen LogP contribution >= 0.6 is 0 Å². The van der Waals surface area contributed by atoms with Crippen molar-refractivity contribution < 1.29 is 4.84 Å². The molecule has 3 N–H and O–H groups in total. The van der Waals surface area contributed by atoms with Crippen molar-refractivity contribution in [2.45, 2.75) is 13.0 Å². The Hall–Kier alpha value is -3.48. The molecule has 7 nitrogen and oxygen atoms in total. The average Bonchev–Trinajstić information content (AvgIpc) is 2.63. The molecule has 1 aromatic heterocycles. The highest BCUT2D eigenvalue weighted by molar-refractivity contribution is 5.78. The Labute approximate surface area is 145 Å². The largest absolute Gasteiger partial charge is 0.385 e. The standard InChI is InChI=1S/C18H18N6O/c1-13(25-20-12-14-8-4-2-5-9-14)16-22-17(19)24-18(23-16)21-15-10-6-3-7-11-15/h2-13H,1H3,(H3,19,21,22,23,24)/b20-12+. The zero-order valence-electron chi connectivity index (χ0n) is 13.7. The third-order valence-corrected chi connectivity index (χ3v) is 3.28. The third kappa shape index (κ3) is 4.74. The fourth-order valence-electron chi connectivity index (χ4n) is 2.07. The van der Waals surface area contributed by atoms with E-state index in [1.807, 2.05) is 60.7 Å². The maximum atomic E-state index is 5.77. The van der Waals surface area contributed by atoms with Crippen molar-refractivity contribution in [2.24, 2.45) is 5.16 Å². The number of aromatic nitrogens is 3. The first-order valence-corrected chi connectivity index (χ1v) is 7.78. The topological polar surface area (TPSA) is 98.3 Å². The van der Waals surface area contributed by atoms with Gasteiger partial charge in [0.15, 0.2) is 11.9 Å². The quantitative estimate of drug-likeness (QED) is 0.530. The molecule has 3 aromatic rings. The Kier molecular flexibility index (Phi) is 5.16. The fraction of sp³-hybridized carbons (Fsp3) is 0.111. The van der Waals surface area contributed by atoms with E-state index in [1.54, 1.807) is 13.1 Å². The van der Waals surface area contributed by atoms with Crippen LogP contribution in [0.4, 0.5) is 17.6 Å². The summed E-state index contributed by atoms with van der Waals surface area (Å²) in [5.74, 6) is 0.873. The minimum absolute atomic E-state index is 0.117. The molecule has 0 spiro atoms. The van der Waals surface area contributed by atoms with Gasteiger partial charge in [-0.25, -0.2) is 0 Å². The molecule has 3 rings (SSSR count). The summed E-state index contributed by atoms with van der Waals surface area (Å²) in [6.45, 7) is 1.80. The van der Waals surface area contributed by atoms with Crippen molar-refractivity contribution in [3.8, 4) is 0 Å². The number of benzene rings is 2. The van der Waals surface area contributed by atoms with Gasteiger partial charge in [-0.1, -0.05) is 53.7 Å². The molecule has 0 aliphatic carbocycles. The lowest BCUT2D eigenvalue weighted by molar-refractivity contribution is 0.0673. The summed E-state index contributed by atoms with van der Waals surface area (Å²) < 4.78 is 0. The third-order valence-electron chi connectivity index (χ3n) is 3.28. The highest BCUT2D eigenvalue weighted by Crippen LogP contribution is 2.17. The number of nitrogens with one attached hydrogen (secondary N) is 1. The number of anilines is 3. The van der Waals surface area contributed by atoms with Crippen LogP contribution in [0.5, 0.6) is 0 Å². The molecule has 0 saturated heterocycles. The van der Waals surface area contributed by atoms with E-state index >= 15 is 0 Å². The van der Waals surface area contributed by atoms with Crippen molar-refractivity contribution in [1.82, 2.24) is 15.0 Å². The second-order valence-electron chi connectivity index (χ2n) is 5.26. The Morgan fingerprint density at radius 2 is 1.68 bits per heavy atom. The second kappa shape index (κ2) is 7.87. The summed E-state index contributed by atoms with van der Waals surface area (Å²) in [6.07, 6.45) is 1.16. The number of nitrogens with zero attached hydrogens (tertiary/aromatic N) is 4. The first kappa shape index (κ1) is 16.4. The van der Waals surface area contributed by atoms with Crippen LogP contribution in [0.3, 0.4) is 0 Å². The van der Waals surface area contributed by atoms with Gasteiger partial charge < -0.3 is 15.9 Å². The number of hydrogen-bond acceptors (Lipinski definition) is 7. The lowest BCUT2D eigenvalue weighted by Crippen LogP contribution is -2.10. The molecule has 2 aromatic carbocycles. The lowest BCUT2D eigenvalue weighted by Gasteiger charge is -2.11. The number of hydrogen-bond donors (Lipinski definition) is 2. The molecule has 0 aliphatic rings. The van der Waals surface area contributed by atoms with Crippen LogP contribution in [-0.4, -0.2) is 21.2 Å². The molecule has 1 heterocycles. The molecule has 7 heteroatoms. The number of oxime groups is 1. The van der Waals surface area contributed by atoms with Gasteiger partial charge in [-0.2, -0.15) is 15.0 Å². The Bertz CT molecular complexity index is 839. The molecule has 0 saturated carbocycles. The number of para-hydroxylation sites is 1. The molecule has 1 atom stereocenters. The van der Waals surface area contributed by atoms with Crippen LogP contribution in [0.15, 0.2) is 65.8 Å². The average molecular weight is 334 g/mol. The van der Waals surface area contributed by atoms with E-state index in [0.29, 0.717) is 11.8 Å². The monoisotopic (exact) mass is 334 g/mol. The van der Waals surface area contributed by atoms with Crippen molar-refractivity contribution in [3.63, 3.8) is 0 Å². The predicted octanol–water partition coefficient (Wildman–Crippen LogP) is 3.31. The van der Waals surface area contributed by atoms with Crippen LogP contribution in [0.2, 0.25) is 0 Å². The first-order chi connectivity index (χ1) is 12.2. The van der Waals surface area contributed by atoms with Gasteiger partial charge in [0, 0.05) is 5.69 Å². The molecule has 126 valence electrons. The molecule has 0 amide bonds. The highest BCUT2D eigenvalue weighted by atomic mass is 16.6. The van der Waals surface area contributed by atoms with Gasteiger partial charge in [0.25, 0.3) is 0 Å². The van der Waals surface area contributed by atoms with Gasteiger partial charge >= 0.3 is 0 Å². The van der Waals surface area contributed by atoms with Gasteiger partial charge in [-0.3, -0.25) is 0 Å². The molecule has 25 heavy (non-hydrogen) atoms.